The fourth-order valence-electron chi connectivity index (χ4n) is 3.24. The summed E-state index contributed by atoms with van der Waals surface area (Å²) in [7, 11) is 0. The van der Waals surface area contributed by atoms with Crippen molar-refractivity contribution in [3.05, 3.63) is 90.5 Å². The smallest absolute Gasteiger partial charge is 0.224 e. The van der Waals surface area contributed by atoms with E-state index in [1.807, 2.05) is 67.7 Å². The quantitative estimate of drug-likeness (QED) is 0.439. The molecule has 1 amide bonds. The second-order valence-corrected chi connectivity index (χ2v) is 7.20. The Hall–Kier alpha value is -4.00. The van der Waals surface area contributed by atoms with Gasteiger partial charge >= 0.3 is 0 Å². The fourth-order valence-corrected chi connectivity index (χ4v) is 3.24. The summed E-state index contributed by atoms with van der Waals surface area (Å²) in [5, 5.41) is 10.4. The molecule has 156 valence electrons. The number of carbonyl (C=O) groups excluding carboxylic acids is 1. The number of anilines is 3. The number of nitrogens with zero attached hydrogens (tertiary/aromatic N) is 4. The number of rotatable bonds is 8. The Morgan fingerprint density at radius 1 is 0.968 bits per heavy atom. The molecule has 0 aliphatic rings. The van der Waals surface area contributed by atoms with Crippen LogP contribution >= 0.6 is 0 Å². The molecule has 7 nitrogen and oxygen atoms in total. The number of aromatic nitrogens is 4. The highest BCUT2D eigenvalue weighted by Crippen LogP contribution is 2.19. The highest BCUT2D eigenvalue weighted by atomic mass is 16.1. The first-order valence-corrected chi connectivity index (χ1v) is 10.2. The fraction of sp³-hybridized carbons (Fsp3) is 0.167. The molecule has 0 unspecified atom stereocenters. The molecule has 0 atom stereocenters. The van der Waals surface area contributed by atoms with Crippen LogP contribution in [0.5, 0.6) is 0 Å². The standard InChI is InChI=1S/C24H24N6O/c1-18-26-22(17-23(27-18)30-16-6-15-25-30)28-20-11-13-21(14-12-20)29-24(31)10-5-9-19-7-3-2-4-8-19/h2-4,6-8,11-17H,5,9-10H2,1H3,(H,29,31)(H,26,27,28). The van der Waals surface area contributed by atoms with Gasteiger partial charge in [0.05, 0.1) is 0 Å². The molecule has 0 spiro atoms. The van der Waals surface area contributed by atoms with E-state index >= 15 is 0 Å². The lowest BCUT2D eigenvalue weighted by atomic mass is 10.1. The molecule has 2 aromatic carbocycles. The van der Waals surface area contributed by atoms with Gasteiger partial charge in [0, 0.05) is 36.3 Å². The predicted molar refractivity (Wildman–Crippen MR) is 122 cm³/mol. The Labute approximate surface area is 181 Å². The van der Waals surface area contributed by atoms with Gasteiger partial charge in [-0.25, -0.2) is 14.6 Å². The highest BCUT2D eigenvalue weighted by molar-refractivity contribution is 5.90. The van der Waals surface area contributed by atoms with E-state index in [-0.39, 0.29) is 5.91 Å². The maximum absolute atomic E-state index is 12.2. The largest absolute Gasteiger partial charge is 0.340 e. The molecule has 2 aromatic heterocycles. The van der Waals surface area contributed by atoms with E-state index in [1.165, 1.54) is 5.56 Å². The molecule has 4 rings (SSSR count). The van der Waals surface area contributed by atoms with Gasteiger partial charge in [-0.15, -0.1) is 0 Å². The molecule has 0 aliphatic heterocycles. The van der Waals surface area contributed by atoms with Gasteiger partial charge < -0.3 is 10.6 Å². The minimum absolute atomic E-state index is 0.0203. The van der Waals surface area contributed by atoms with E-state index in [1.54, 1.807) is 10.9 Å². The predicted octanol–water partition coefficient (Wildman–Crippen LogP) is 4.68. The zero-order valence-electron chi connectivity index (χ0n) is 17.3. The Bertz CT molecular complexity index is 1120. The number of hydrogen-bond donors (Lipinski definition) is 2. The van der Waals surface area contributed by atoms with E-state index in [0.29, 0.717) is 23.9 Å². The van der Waals surface area contributed by atoms with Crippen molar-refractivity contribution in [2.24, 2.45) is 0 Å². The van der Waals surface area contributed by atoms with Crippen molar-refractivity contribution >= 4 is 23.1 Å². The van der Waals surface area contributed by atoms with Gasteiger partial charge in [0.2, 0.25) is 5.91 Å². The topological polar surface area (TPSA) is 84.7 Å². The molecule has 2 N–H and O–H groups in total. The molecule has 2 heterocycles. The third kappa shape index (κ3) is 5.76. The van der Waals surface area contributed by atoms with E-state index in [9.17, 15) is 4.79 Å². The van der Waals surface area contributed by atoms with Crippen LogP contribution in [0.3, 0.4) is 0 Å². The van der Waals surface area contributed by atoms with Crippen molar-refractivity contribution < 1.29 is 4.79 Å². The van der Waals surface area contributed by atoms with Gasteiger partial charge in [0.25, 0.3) is 0 Å². The number of carbonyl (C=O) groups is 1. The van der Waals surface area contributed by atoms with E-state index in [2.05, 4.69) is 37.8 Å². The monoisotopic (exact) mass is 412 g/mol. The SMILES string of the molecule is Cc1nc(Nc2ccc(NC(=O)CCCc3ccccc3)cc2)cc(-n2cccn2)n1. The minimum Gasteiger partial charge on any atom is -0.340 e. The van der Waals surface area contributed by atoms with Crippen LogP contribution in [-0.4, -0.2) is 25.7 Å². The maximum Gasteiger partial charge on any atom is 0.224 e. The van der Waals surface area contributed by atoms with Gasteiger partial charge in [0.15, 0.2) is 5.82 Å². The van der Waals surface area contributed by atoms with Crippen molar-refractivity contribution in [3.8, 4) is 5.82 Å². The number of nitrogens with one attached hydrogen (secondary N) is 2. The Kier molecular flexibility index (Phi) is 6.32. The van der Waals surface area contributed by atoms with Gasteiger partial charge in [-0.1, -0.05) is 30.3 Å². The number of benzene rings is 2. The molecule has 0 aliphatic carbocycles. The van der Waals surface area contributed by atoms with E-state index < -0.39 is 0 Å². The van der Waals surface area contributed by atoms with Gasteiger partial charge in [-0.05, 0) is 55.7 Å². The van der Waals surface area contributed by atoms with Gasteiger partial charge in [-0.2, -0.15) is 5.10 Å². The summed E-state index contributed by atoms with van der Waals surface area (Å²) in [6.07, 6.45) is 5.75. The van der Waals surface area contributed by atoms with Crippen molar-refractivity contribution in [2.45, 2.75) is 26.2 Å². The van der Waals surface area contributed by atoms with Crippen LogP contribution in [0, 0.1) is 6.92 Å². The summed E-state index contributed by atoms with van der Waals surface area (Å²) in [6.45, 7) is 1.84. The van der Waals surface area contributed by atoms with Crippen LogP contribution in [0.4, 0.5) is 17.2 Å². The summed E-state index contributed by atoms with van der Waals surface area (Å²) in [5.74, 6) is 2.04. The van der Waals surface area contributed by atoms with Crippen LogP contribution in [0.2, 0.25) is 0 Å². The molecule has 31 heavy (non-hydrogen) atoms. The van der Waals surface area contributed by atoms with E-state index in [4.69, 9.17) is 0 Å². The first-order chi connectivity index (χ1) is 15.2. The van der Waals surface area contributed by atoms with Gasteiger partial charge in [0.1, 0.15) is 11.6 Å². The van der Waals surface area contributed by atoms with Crippen LogP contribution in [0.25, 0.3) is 5.82 Å². The lowest BCUT2D eigenvalue weighted by Crippen LogP contribution is -2.11. The summed E-state index contributed by atoms with van der Waals surface area (Å²) in [4.78, 5) is 21.1. The molecular weight excluding hydrogens is 388 g/mol. The number of hydrogen-bond acceptors (Lipinski definition) is 5. The van der Waals surface area contributed by atoms with Crippen LogP contribution in [-0.2, 0) is 11.2 Å². The van der Waals surface area contributed by atoms with Gasteiger partial charge in [-0.3, -0.25) is 4.79 Å². The normalized spacial score (nSPS) is 10.6. The summed E-state index contributed by atoms with van der Waals surface area (Å²) >= 11 is 0. The zero-order chi connectivity index (χ0) is 21.5. The number of aryl methyl sites for hydroxylation is 2. The molecule has 0 fully saturated rings. The Morgan fingerprint density at radius 2 is 1.74 bits per heavy atom. The minimum atomic E-state index is 0.0203. The third-order valence-corrected chi connectivity index (χ3v) is 4.72. The Morgan fingerprint density at radius 3 is 2.48 bits per heavy atom. The second-order valence-electron chi connectivity index (χ2n) is 7.20. The maximum atomic E-state index is 12.2. The molecule has 7 heteroatoms. The molecular formula is C24H24N6O. The molecule has 0 saturated carbocycles. The van der Waals surface area contributed by atoms with Crippen molar-refractivity contribution in [1.82, 2.24) is 19.7 Å². The zero-order valence-corrected chi connectivity index (χ0v) is 17.3. The number of amides is 1. The van der Waals surface area contributed by atoms with Crippen LogP contribution in [0.1, 0.15) is 24.2 Å². The molecule has 4 aromatic rings. The lowest BCUT2D eigenvalue weighted by molar-refractivity contribution is -0.116. The second kappa shape index (κ2) is 9.67. The van der Waals surface area contributed by atoms with Crippen LogP contribution < -0.4 is 10.6 Å². The average molecular weight is 412 g/mol. The molecule has 0 radical (unpaired) electrons. The van der Waals surface area contributed by atoms with Crippen molar-refractivity contribution in [2.75, 3.05) is 10.6 Å². The first kappa shape index (κ1) is 20.3. The van der Waals surface area contributed by atoms with Crippen molar-refractivity contribution in [3.63, 3.8) is 0 Å². The third-order valence-electron chi connectivity index (χ3n) is 4.72. The summed E-state index contributed by atoms with van der Waals surface area (Å²) in [6, 6.07) is 21.5. The van der Waals surface area contributed by atoms with Crippen LogP contribution in [0.15, 0.2) is 79.1 Å². The molecule has 0 saturated heterocycles. The van der Waals surface area contributed by atoms with E-state index in [0.717, 1.165) is 24.2 Å². The first-order valence-electron chi connectivity index (χ1n) is 10.2. The Balaban J connectivity index is 1.32. The summed E-state index contributed by atoms with van der Waals surface area (Å²) < 4.78 is 1.69. The average Bonchev–Trinajstić information content (AvgIpc) is 3.31. The lowest BCUT2D eigenvalue weighted by Gasteiger charge is -2.10. The van der Waals surface area contributed by atoms with Crippen molar-refractivity contribution in [1.29, 1.82) is 0 Å². The molecule has 0 bridgehead atoms. The highest BCUT2D eigenvalue weighted by Gasteiger charge is 2.06. The summed E-state index contributed by atoms with van der Waals surface area (Å²) in [5.41, 5.74) is 2.89.